The van der Waals surface area contributed by atoms with Gasteiger partial charge in [0, 0.05) is 27.1 Å². The van der Waals surface area contributed by atoms with Crippen LogP contribution in [0.15, 0.2) is 22.7 Å². The molecule has 0 saturated carbocycles. The van der Waals surface area contributed by atoms with Gasteiger partial charge in [0.1, 0.15) is 0 Å². The molecule has 0 bridgehead atoms. The minimum atomic E-state index is 0.169. The zero-order chi connectivity index (χ0) is 12.1. The summed E-state index contributed by atoms with van der Waals surface area (Å²) in [7, 11) is 0. The van der Waals surface area contributed by atoms with Gasteiger partial charge < -0.3 is 16.2 Å². The Labute approximate surface area is 109 Å². The SMILES string of the molecule is CSC(CO)C(C)Nc1ccc(N)cc1Br. The molecule has 1 rings (SSSR count). The number of aliphatic hydroxyl groups is 1. The molecular weight excluding hydrogens is 288 g/mol. The number of halogens is 1. The summed E-state index contributed by atoms with van der Waals surface area (Å²) < 4.78 is 0.942. The lowest BCUT2D eigenvalue weighted by Crippen LogP contribution is -2.31. The molecule has 0 radical (unpaired) electrons. The third-order valence-corrected chi connectivity index (χ3v) is 4.24. The zero-order valence-electron chi connectivity index (χ0n) is 9.40. The molecule has 0 aromatic heterocycles. The van der Waals surface area contributed by atoms with Gasteiger partial charge in [0.05, 0.1) is 6.61 Å². The molecule has 0 aliphatic heterocycles. The molecule has 4 N–H and O–H groups in total. The van der Waals surface area contributed by atoms with Gasteiger partial charge in [-0.1, -0.05) is 0 Å². The molecule has 5 heteroatoms. The number of benzene rings is 1. The number of rotatable bonds is 5. The lowest BCUT2D eigenvalue weighted by molar-refractivity contribution is 0.288. The van der Waals surface area contributed by atoms with E-state index in [1.165, 1.54) is 0 Å². The third kappa shape index (κ3) is 3.57. The fourth-order valence-electron chi connectivity index (χ4n) is 1.42. The van der Waals surface area contributed by atoms with Gasteiger partial charge >= 0.3 is 0 Å². The summed E-state index contributed by atoms with van der Waals surface area (Å²) in [5.74, 6) is 0. The smallest absolute Gasteiger partial charge is 0.0569 e. The van der Waals surface area contributed by atoms with E-state index in [4.69, 9.17) is 5.73 Å². The summed E-state index contributed by atoms with van der Waals surface area (Å²) in [4.78, 5) is 0. The molecular formula is C11H17BrN2OS. The van der Waals surface area contributed by atoms with Crippen LogP contribution in [0.5, 0.6) is 0 Å². The van der Waals surface area contributed by atoms with Crippen LogP contribution < -0.4 is 11.1 Å². The second-order valence-electron chi connectivity index (χ2n) is 3.63. The van der Waals surface area contributed by atoms with Crippen LogP contribution >= 0.6 is 27.7 Å². The van der Waals surface area contributed by atoms with Crippen LogP contribution in [0, 0.1) is 0 Å². The lowest BCUT2D eigenvalue weighted by atomic mass is 10.2. The van der Waals surface area contributed by atoms with E-state index in [-0.39, 0.29) is 17.9 Å². The van der Waals surface area contributed by atoms with Gasteiger partial charge in [0.15, 0.2) is 0 Å². The first kappa shape index (κ1) is 13.7. The first-order valence-electron chi connectivity index (χ1n) is 5.03. The Morgan fingerprint density at radius 1 is 1.56 bits per heavy atom. The number of nitrogen functional groups attached to an aromatic ring is 1. The van der Waals surface area contributed by atoms with Crippen LogP contribution in [0.4, 0.5) is 11.4 Å². The summed E-state index contributed by atoms with van der Waals surface area (Å²) >= 11 is 5.11. The highest BCUT2D eigenvalue weighted by Gasteiger charge is 2.15. The van der Waals surface area contributed by atoms with E-state index in [1.807, 2.05) is 24.5 Å². The van der Waals surface area contributed by atoms with Gasteiger partial charge in [-0.15, -0.1) is 0 Å². The molecule has 0 heterocycles. The zero-order valence-corrected chi connectivity index (χ0v) is 11.8. The first-order valence-corrected chi connectivity index (χ1v) is 7.11. The van der Waals surface area contributed by atoms with Crippen LogP contribution in [0.25, 0.3) is 0 Å². The first-order chi connectivity index (χ1) is 7.58. The summed E-state index contributed by atoms with van der Waals surface area (Å²) in [6.07, 6.45) is 2.00. The van der Waals surface area contributed by atoms with Gasteiger partial charge in [0.25, 0.3) is 0 Å². The van der Waals surface area contributed by atoms with Crippen molar-refractivity contribution < 1.29 is 5.11 Å². The second-order valence-corrected chi connectivity index (χ2v) is 5.56. The Morgan fingerprint density at radius 2 is 2.25 bits per heavy atom. The van der Waals surface area contributed by atoms with E-state index >= 15 is 0 Å². The molecule has 2 unspecified atom stereocenters. The quantitative estimate of drug-likeness (QED) is 0.732. The van der Waals surface area contributed by atoms with Crippen LogP contribution in [0.2, 0.25) is 0 Å². The van der Waals surface area contributed by atoms with Gasteiger partial charge in [-0.3, -0.25) is 0 Å². The summed E-state index contributed by atoms with van der Waals surface area (Å²) in [6.45, 7) is 2.22. The second kappa shape index (κ2) is 6.37. The van der Waals surface area contributed by atoms with Crippen molar-refractivity contribution in [3.05, 3.63) is 22.7 Å². The molecule has 16 heavy (non-hydrogen) atoms. The highest BCUT2D eigenvalue weighted by molar-refractivity contribution is 9.10. The molecule has 1 aromatic rings. The van der Waals surface area contributed by atoms with Crippen molar-refractivity contribution in [3.8, 4) is 0 Å². The van der Waals surface area contributed by atoms with Crippen LogP contribution in [0.3, 0.4) is 0 Å². The van der Waals surface area contributed by atoms with Crippen molar-refractivity contribution in [1.82, 2.24) is 0 Å². The molecule has 3 nitrogen and oxygen atoms in total. The molecule has 0 saturated heterocycles. The molecule has 0 spiro atoms. The Balaban J connectivity index is 2.72. The Kier molecular flexibility index (Phi) is 5.44. The maximum absolute atomic E-state index is 9.20. The van der Waals surface area contributed by atoms with Crippen molar-refractivity contribution in [2.75, 3.05) is 23.9 Å². The number of thioether (sulfide) groups is 1. The van der Waals surface area contributed by atoms with E-state index in [2.05, 4.69) is 28.2 Å². The summed E-state index contributed by atoms with van der Waals surface area (Å²) in [5.41, 5.74) is 7.39. The standard InChI is InChI=1S/C11H17BrN2OS/c1-7(11(6-15)16-2)14-10-4-3-8(13)5-9(10)12/h3-5,7,11,14-15H,6,13H2,1-2H3. The Bertz CT molecular complexity index is 345. The highest BCUT2D eigenvalue weighted by atomic mass is 79.9. The average molecular weight is 305 g/mol. The molecule has 0 aliphatic rings. The number of hydrogen-bond acceptors (Lipinski definition) is 4. The monoisotopic (exact) mass is 304 g/mol. The minimum absolute atomic E-state index is 0.169. The number of aliphatic hydroxyl groups excluding tert-OH is 1. The van der Waals surface area contributed by atoms with Crippen molar-refractivity contribution in [3.63, 3.8) is 0 Å². The van der Waals surface area contributed by atoms with Crippen molar-refractivity contribution in [2.45, 2.75) is 18.2 Å². The number of nitrogens with one attached hydrogen (secondary N) is 1. The maximum Gasteiger partial charge on any atom is 0.0569 e. The topological polar surface area (TPSA) is 58.3 Å². The van der Waals surface area contributed by atoms with Crippen LogP contribution in [-0.2, 0) is 0 Å². The maximum atomic E-state index is 9.20. The lowest BCUT2D eigenvalue weighted by Gasteiger charge is -2.23. The Morgan fingerprint density at radius 3 is 2.75 bits per heavy atom. The molecule has 90 valence electrons. The summed E-state index contributed by atoms with van der Waals surface area (Å²) in [5, 5.41) is 12.7. The predicted molar refractivity (Wildman–Crippen MR) is 76.0 cm³/mol. The average Bonchev–Trinajstić information content (AvgIpc) is 2.24. The number of anilines is 2. The van der Waals surface area contributed by atoms with Crippen molar-refractivity contribution in [1.29, 1.82) is 0 Å². The number of hydrogen-bond donors (Lipinski definition) is 3. The fourth-order valence-corrected chi connectivity index (χ4v) is 2.56. The van der Waals surface area contributed by atoms with Gasteiger partial charge in [0.2, 0.25) is 0 Å². The molecule has 1 aromatic carbocycles. The highest BCUT2D eigenvalue weighted by Crippen LogP contribution is 2.26. The van der Waals surface area contributed by atoms with Crippen LogP contribution in [-0.4, -0.2) is 29.3 Å². The molecule has 0 fully saturated rings. The van der Waals surface area contributed by atoms with Gasteiger partial charge in [-0.2, -0.15) is 11.8 Å². The van der Waals surface area contributed by atoms with E-state index in [1.54, 1.807) is 11.8 Å². The van der Waals surface area contributed by atoms with E-state index in [9.17, 15) is 5.11 Å². The van der Waals surface area contributed by atoms with Crippen LogP contribution in [0.1, 0.15) is 6.92 Å². The molecule has 0 aliphatic carbocycles. The summed E-state index contributed by atoms with van der Waals surface area (Å²) in [6, 6.07) is 5.85. The third-order valence-electron chi connectivity index (χ3n) is 2.42. The van der Waals surface area contributed by atoms with E-state index in [0.717, 1.165) is 15.8 Å². The van der Waals surface area contributed by atoms with Gasteiger partial charge in [-0.25, -0.2) is 0 Å². The molecule has 0 amide bonds. The fraction of sp³-hybridized carbons (Fsp3) is 0.455. The van der Waals surface area contributed by atoms with E-state index < -0.39 is 0 Å². The predicted octanol–water partition coefficient (Wildman–Crippen LogP) is 2.56. The normalized spacial score (nSPS) is 14.5. The van der Waals surface area contributed by atoms with Crippen molar-refractivity contribution in [2.24, 2.45) is 0 Å². The number of nitrogens with two attached hydrogens (primary N) is 1. The van der Waals surface area contributed by atoms with Gasteiger partial charge in [-0.05, 0) is 47.3 Å². The minimum Gasteiger partial charge on any atom is -0.399 e. The largest absolute Gasteiger partial charge is 0.399 e. The molecule has 2 atom stereocenters. The van der Waals surface area contributed by atoms with E-state index in [0.29, 0.717) is 0 Å². The Hall–Kier alpha value is -0.390. The van der Waals surface area contributed by atoms with Crippen molar-refractivity contribution >= 4 is 39.1 Å².